The number of thiol groups is 1. The molecule has 1 saturated heterocycles. The SMILES string of the molecule is C=CN1CCCC1=C.CS. The fourth-order valence-electron chi connectivity index (χ4n) is 0.976. The lowest BCUT2D eigenvalue weighted by Crippen LogP contribution is -2.06. The Balaban J connectivity index is 0.000000371. The summed E-state index contributed by atoms with van der Waals surface area (Å²) in [5.41, 5.74) is 1.21. The van der Waals surface area contributed by atoms with Crippen molar-refractivity contribution in [1.29, 1.82) is 0 Å². The fraction of sp³-hybridized carbons (Fsp3) is 0.500. The van der Waals surface area contributed by atoms with Crippen molar-refractivity contribution in [3.8, 4) is 0 Å². The molecule has 1 fully saturated rings. The largest absolute Gasteiger partial charge is 0.353 e. The maximum Gasteiger partial charge on any atom is 0.0225 e. The minimum Gasteiger partial charge on any atom is -0.353 e. The van der Waals surface area contributed by atoms with Gasteiger partial charge < -0.3 is 4.90 Å². The van der Waals surface area contributed by atoms with E-state index < -0.39 is 0 Å². The summed E-state index contributed by atoms with van der Waals surface area (Å²) in [6.07, 6.45) is 5.92. The van der Waals surface area contributed by atoms with Crippen LogP contribution in [0.3, 0.4) is 0 Å². The first-order valence-corrected chi connectivity index (χ1v) is 4.26. The number of nitrogens with zero attached hydrogens (tertiary/aromatic N) is 1. The van der Waals surface area contributed by atoms with E-state index >= 15 is 0 Å². The van der Waals surface area contributed by atoms with Crippen LogP contribution < -0.4 is 0 Å². The van der Waals surface area contributed by atoms with Gasteiger partial charge in [0.15, 0.2) is 0 Å². The molecule has 0 unspecified atom stereocenters. The topological polar surface area (TPSA) is 3.24 Å². The van der Waals surface area contributed by atoms with Crippen molar-refractivity contribution < 1.29 is 0 Å². The van der Waals surface area contributed by atoms with Gasteiger partial charge in [-0.3, -0.25) is 0 Å². The number of hydrogen-bond acceptors (Lipinski definition) is 2. The predicted molar refractivity (Wildman–Crippen MR) is 50.2 cm³/mol. The van der Waals surface area contributed by atoms with Gasteiger partial charge >= 0.3 is 0 Å². The molecule has 0 atom stereocenters. The lowest BCUT2D eigenvalue weighted by molar-refractivity contribution is 0.538. The smallest absolute Gasteiger partial charge is 0.0225 e. The summed E-state index contributed by atoms with van der Waals surface area (Å²) in [6, 6.07) is 0. The third-order valence-electron chi connectivity index (χ3n) is 1.49. The van der Waals surface area contributed by atoms with Crippen LogP contribution in [-0.4, -0.2) is 17.7 Å². The van der Waals surface area contributed by atoms with Crippen molar-refractivity contribution in [1.82, 2.24) is 4.90 Å². The first kappa shape index (κ1) is 9.63. The summed E-state index contributed by atoms with van der Waals surface area (Å²) in [4.78, 5) is 2.10. The molecule has 1 rings (SSSR count). The number of allylic oxidation sites excluding steroid dienone is 1. The second kappa shape index (κ2) is 5.42. The van der Waals surface area contributed by atoms with Crippen LogP contribution in [0.1, 0.15) is 12.8 Å². The van der Waals surface area contributed by atoms with Gasteiger partial charge in [0, 0.05) is 12.2 Å². The van der Waals surface area contributed by atoms with Gasteiger partial charge in [0.05, 0.1) is 0 Å². The summed E-state index contributed by atoms with van der Waals surface area (Å²) in [7, 11) is 0. The Labute approximate surface area is 68.8 Å². The third-order valence-corrected chi connectivity index (χ3v) is 1.49. The number of rotatable bonds is 1. The molecule has 0 aromatic carbocycles. The minimum atomic E-state index is 1.11. The van der Waals surface area contributed by atoms with Crippen molar-refractivity contribution in [3.05, 3.63) is 25.1 Å². The van der Waals surface area contributed by atoms with Crippen molar-refractivity contribution >= 4 is 12.6 Å². The Bertz CT molecular complexity index is 120. The molecule has 0 saturated carbocycles. The van der Waals surface area contributed by atoms with E-state index in [1.807, 2.05) is 6.20 Å². The molecule has 1 aliphatic rings. The molecule has 10 heavy (non-hydrogen) atoms. The normalized spacial score (nSPS) is 16.2. The molecule has 0 N–H and O–H groups in total. The molecule has 1 heterocycles. The molecule has 0 radical (unpaired) electrons. The Kier molecular flexibility index (Phi) is 5.22. The van der Waals surface area contributed by atoms with E-state index in [1.54, 1.807) is 6.26 Å². The van der Waals surface area contributed by atoms with E-state index in [1.165, 1.54) is 12.1 Å². The van der Waals surface area contributed by atoms with Crippen LogP contribution in [0, 0.1) is 0 Å². The molecule has 1 aliphatic heterocycles. The van der Waals surface area contributed by atoms with E-state index in [2.05, 4.69) is 30.7 Å². The van der Waals surface area contributed by atoms with Crippen LogP contribution in [-0.2, 0) is 0 Å². The van der Waals surface area contributed by atoms with Gasteiger partial charge in [0.25, 0.3) is 0 Å². The van der Waals surface area contributed by atoms with Crippen LogP contribution in [0.25, 0.3) is 0 Å². The maximum absolute atomic E-state index is 3.86. The highest BCUT2D eigenvalue weighted by atomic mass is 32.1. The first-order chi connectivity index (χ1) is 4.84. The van der Waals surface area contributed by atoms with Crippen molar-refractivity contribution in [2.75, 3.05) is 12.8 Å². The quantitative estimate of drug-likeness (QED) is 0.572. The Morgan fingerprint density at radius 3 is 2.40 bits per heavy atom. The molecule has 0 amide bonds. The molecule has 0 aromatic rings. The zero-order valence-corrected chi connectivity index (χ0v) is 7.40. The highest BCUT2D eigenvalue weighted by molar-refractivity contribution is 7.79. The van der Waals surface area contributed by atoms with Crippen LogP contribution in [0.15, 0.2) is 25.1 Å². The monoisotopic (exact) mass is 157 g/mol. The first-order valence-electron chi connectivity index (χ1n) is 3.36. The molecule has 0 spiro atoms. The highest BCUT2D eigenvalue weighted by Crippen LogP contribution is 2.17. The van der Waals surface area contributed by atoms with Crippen LogP contribution in [0.2, 0.25) is 0 Å². The zero-order chi connectivity index (χ0) is 7.98. The molecular weight excluding hydrogens is 142 g/mol. The average Bonchev–Trinajstić information content (AvgIpc) is 2.39. The lowest BCUT2D eigenvalue weighted by atomic mass is 10.3. The van der Waals surface area contributed by atoms with Gasteiger partial charge in [-0.05, 0) is 25.3 Å². The summed E-state index contributed by atoms with van der Waals surface area (Å²) in [5, 5.41) is 0. The van der Waals surface area contributed by atoms with Crippen molar-refractivity contribution in [2.45, 2.75) is 12.8 Å². The molecule has 2 heteroatoms. The van der Waals surface area contributed by atoms with E-state index in [9.17, 15) is 0 Å². The lowest BCUT2D eigenvalue weighted by Gasteiger charge is -2.10. The standard InChI is InChI=1S/C7H11N.CH4S/c1-3-8-6-4-5-7(8)2;1-2/h3H,1-2,4-6H2;2H,1H3. The minimum absolute atomic E-state index is 1.11. The maximum atomic E-state index is 3.86. The van der Waals surface area contributed by atoms with Crippen LogP contribution in [0.4, 0.5) is 0 Å². The Morgan fingerprint density at radius 1 is 1.60 bits per heavy atom. The van der Waals surface area contributed by atoms with Gasteiger partial charge in [-0.1, -0.05) is 13.2 Å². The summed E-state index contributed by atoms with van der Waals surface area (Å²) in [6.45, 7) is 8.63. The number of hydrogen-bond donors (Lipinski definition) is 1. The van der Waals surface area contributed by atoms with Crippen molar-refractivity contribution in [2.24, 2.45) is 0 Å². The molecule has 0 bridgehead atoms. The summed E-state index contributed by atoms with van der Waals surface area (Å²) < 4.78 is 0. The van der Waals surface area contributed by atoms with Gasteiger partial charge in [-0.2, -0.15) is 12.6 Å². The molecular formula is C8H15NS. The Morgan fingerprint density at radius 2 is 2.20 bits per heavy atom. The van der Waals surface area contributed by atoms with Crippen LogP contribution >= 0.6 is 12.6 Å². The van der Waals surface area contributed by atoms with Gasteiger partial charge in [0.2, 0.25) is 0 Å². The van der Waals surface area contributed by atoms with Crippen LogP contribution in [0.5, 0.6) is 0 Å². The third kappa shape index (κ3) is 2.48. The summed E-state index contributed by atoms with van der Waals surface area (Å²) >= 11 is 3.53. The van der Waals surface area contributed by atoms with Gasteiger partial charge in [0.1, 0.15) is 0 Å². The second-order valence-electron chi connectivity index (χ2n) is 2.05. The van der Waals surface area contributed by atoms with Crippen molar-refractivity contribution in [3.63, 3.8) is 0 Å². The summed E-state index contributed by atoms with van der Waals surface area (Å²) in [5.74, 6) is 0. The molecule has 58 valence electrons. The predicted octanol–water partition coefficient (Wildman–Crippen LogP) is 2.29. The zero-order valence-electron chi connectivity index (χ0n) is 6.51. The second-order valence-corrected chi connectivity index (χ2v) is 2.05. The van der Waals surface area contributed by atoms with Gasteiger partial charge in [-0.25, -0.2) is 0 Å². The average molecular weight is 157 g/mol. The fourth-order valence-corrected chi connectivity index (χ4v) is 0.976. The van der Waals surface area contributed by atoms with E-state index in [0.717, 1.165) is 13.0 Å². The molecule has 1 nitrogen and oxygen atoms in total. The van der Waals surface area contributed by atoms with E-state index in [4.69, 9.17) is 0 Å². The molecule has 0 aliphatic carbocycles. The van der Waals surface area contributed by atoms with Gasteiger partial charge in [-0.15, -0.1) is 0 Å². The van der Waals surface area contributed by atoms with E-state index in [-0.39, 0.29) is 0 Å². The highest BCUT2D eigenvalue weighted by Gasteiger charge is 2.09. The Hall–Kier alpha value is -0.370. The number of likely N-dealkylation sites (tertiary alicyclic amines) is 1. The molecule has 0 aromatic heterocycles. The van der Waals surface area contributed by atoms with E-state index in [0.29, 0.717) is 0 Å².